The average Bonchev–Trinajstić information content (AvgIpc) is 2.62. The number of hydrogen-bond acceptors (Lipinski definition) is 8. The molecule has 0 saturated carbocycles. The number of carbonyl (C=O) groups is 2. The van der Waals surface area contributed by atoms with Crippen molar-refractivity contribution in [3.05, 3.63) is 33.4 Å². The van der Waals surface area contributed by atoms with Crippen LogP contribution < -0.4 is 4.74 Å². The smallest absolute Gasteiger partial charge is 0.499 e. The van der Waals surface area contributed by atoms with E-state index in [-0.39, 0.29) is 17.7 Å². The summed E-state index contributed by atoms with van der Waals surface area (Å²) in [7, 11) is 0. The van der Waals surface area contributed by atoms with E-state index in [0.29, 0.717) is 13.1 Å². The molecule has 0 spiro atoms. The molecule has 0 aromatic heterocycles. The van der Waals surface area contributed by atoms with Gasteiger partial charge in [-0.15, -0.1) is 0 Å². The molecule has 0 fully saturated rings. The molecule has 1 aromatic rings. The molecule has 1 N–H and O–H groups in total. The Kier molecular flexibility index (Phi) is 7.75. The Balaban J connectivity index is 3.43. The number of hydrogen-bond donors (Lipinski definition) is 1. The number of phenols is 1. The lowest BCUT2D eigenvalue weighted by Crippen LogP contribution is -2.31. The normalized spacial score (nSPS) is 10.7. The summed E-state index contributed by atoms with van der Waals surface area (Å²) in [6, 6.07) is 3.80. The first-order valence-corrected chi connectivity index (χ1v) is 8.05. The monoisotopic (exact) mass is 377 g/mol. The second-order valence-electron chi connectivity index (χ2n) is 5.08. The van der Waals surface area contributed by atoms with Crippen LogP contribution in [0.4, 0.5) is 10.5 Å². The van der Waals surface area contributed by atoms with E-state index in [9.17, 15) is 30.1 Å². The van der Waals surface area contributed by atoms with E-state index in [0.717, 1.165) is 18.2 Å². The lowest BCUT2D eigenvalue weighted by molar-refractivity contribution is -0.385. The number of carbonyl (C=O) groups excluding carboxylic acids is 2. The van der Waals surface area contributed by atoms with Gasteiger partial charge in [0.2, 0.25) is 5.75 Å². The van der Waals surface area contributed by atoms with Crippen molar-refractivity contribution in [2.45, 2.75) is 20.8 Å². The van der Waals surface area contributed by atoms with Crippen molar-refractivity contribution in [3.8, 4) is 17.6 Å². The van der Waals surface area contributed by atoms with E-state index in [1.165, 1.54) is 11.8 Å². The number of nitro benzene ring substituents is 1. The molecule has 0 bridgehead atoms. The molecule has 0 aliphatic heterocycles. The molecule has 10 nitrogen and oxygen atoms in total. The minimum Gasteiger partial charge on any atom is -0.499 e. The van der Waals surface area contributed by atoms with Gasteiger partial charge in [-0.05, 0) is 38.5 Å². The van der Waals surface area contributed by atoms with Gasteiger partial charge < -0.3 is 19.5 Å². The number of nitriles is 1. The van der Waals surface area contributed by atoms with Gasteiger partial charge in [0.05, 0.1) is 11.5 Å². The van der Waals surface area contributed by atoms with Crippen molar-refractivity contribution in [2.24, 2.45) is 0 Å². The summed E-state index contributed by atoms with van der Waals surface area (Å²) in [5.41, 5.74) is -0.993. The Morgan fingerprint density at radius 3 is 2.44 bits per heavy atom. The van der Waals surface area contributed by atoms with Gasteiger partial charge >= 0.3 is 11.8 Å². The van der Waals surface area contributed by atoms with Crippen LogP contribution in [0.2, 0.25) is 0 Å². The SMILES string of the molecule is CCOC(=O)Oc1cc(/C=C(\C#N)C(=O)N(CC)CC)cc([N+](=O)[O-])c1O. The standard InChI is InChI=1S/C17H19N3O7/c1-4-19(5-2)16(22)12(10-18)7-11-8-13(20(24)25)15(21)14(9-11)27-17(23)26-6-3/h7-9,21H,4-6H2,1-3H3/b12-7+. The molecule has 0 atom stereocenters. The zero-order chi connectivity index (χ0) is 20.6. The van der Waals surface area contributed by atoms with E-state index < -0.39 is 34.2 Å². The third-order valence-corrected chi connectivity index (χ3v) is 3.44. The highest BCUT2D eigenvalue weighted by molar-refractivity contribution is 6.01. The number of likely N-dealkylation sites (N-methyl/N-ethyl adjacent to an activating group) is 1. The molecule has 0 heterocycles. The van der Waals surface area contributed by atoms with Crippen molar-refractivity contribution < 1.29 is 29.1 Å². The molecule has 144 valence electrons. The molecule has 0 aliphatic carbocycles. The fraction of sp³-hybridized carbons (Fsp3) is 0.353. The Morgan fingerprint density at radius 1 is 1.33 bits per heavy atom. The van der Waals surface area contributed by atoms with E-state index in [1.54, 1.807) is 19.9 Å². The number of benzene rings is 1. The van der Waals surface area contributed by atoms with E-state index in [1.807, 2.05) is 0 Å². The van der Waals surface area contributed by atoms with Crippen LogP contribution in [0.15, 0.2) is 17.7 Å². The van der Waals surface area contributed by atoms with Crippen LogP contribution in [0.3, 0.4) is 0 Å². The van der Waals surface area contributed by atoms with E-state index in [4.69, 9.17) is 4.74 Å². The second-order valence-corrected chi connectivity index (χ2v) is 5.08. The third kappa shape index (κ3) is 5.43. The lowest BCUT2D eigenvalue weighted by atomic mass is 10.1. The topological polar surface area (TPSA) is 143 Å². The van der Waals surface area contributed by atoms with Gasteiger partial charge in [-0.3, -0.25) is 14.9 Å². The first-order chi connectivity index (χ1) is 12.8. The van der Waals surface area contributed by atoms with Gasteiger partial charge in [0, 0.05) is 19.2 Å². The third-order valence-electron chi connectivity index (χ3n) is 3.44. The van der Waals surface area contributed by atoms with E-state index in [2.05, 4.69) is 4.74 Å². The number of nitrogens with zero attached hydrogens (tertiary/aromatic N) is 3. The van der Waals surface area contributed by atoms with Gasteiger partial charge in [0.1, 0.15) is 11.6 Å². The summed E-state index contributed by atoms with van der Waals surface area (Å²) >= 11 is 0. The van der Waals surface area contributed by atoms with E-state index >= 15 is 0 Å². The predicted octanol–water partition coefficient (Wildman–Crippen LogP) is 2.61. The van der Waals surface area contributed by atoms with Gasteiger partial charge in [-0.2, -0.15) is 5.26 Å². The summed E-state index contributed by atoms with van der Waals surface area (Å²) in [5, 5.41) is 30.3. The summed E-state index contributed by atoms with van der Waals surface area (Å²) in [6.07, 6.45) is -0.0478. The maximum absolute atomic E-state index is 12.3. The quantitative estimate of drug-likeness (QED) is 0.191. The highest BCUT2D eigenvalue weighted by atomic mass is 16.7. The molecule has 0 unspecified atom stereocenters. The van der Waals surface area contributed by atoms with Crippen LogP contribution in [-0.2, 0) is 9.53 Å². The molecule has 1 aromatic carbocycles. The Bertz CT molecular complexity index is 807. The Labute approximate surface area is 155 Å². The Hall–Kier alpha value is -3.61. The molecule has 0 aliphatic rings. The van der Waals surface area contributed by atoms with Crippen molar-refractivity contribution >= 4 is 23.8 Å². The summed E-state index contributed by atoms with van der Waals surface area (Å²) in [4.78, 5) is 35.4. The van der Waals surface area contributed by atoms with Gasteiger partial charge in [0.15, 0.2) is 5.75 Å². The van der Waals surface area contributed by atoms with Crippen molar-refractivity contribution in [1.82, 2.24) is 4.90 Å². The summed E-state index contributed by atoms with van der Waals surface area (Å²) < 4.78 is 9.33. The first-order valence-electron chi connectivity index (χ1n) is 8.05. The molecule has 1 amide bonds. The van der Waals surface area contributed by atoms with Crippen molar-refractivity contribution in [3.63, 3.8) is 0 Å². The molecule has 27 heavy (non-hydrogen) atoms. The maximum Gasteiger partial charge on any atom is 0.513 e. The Morgan fingerprint density at radius 2 is 1.96 bits per heavy atom. The molecular weight excluding hydrogens is 358 g/mol. The highest BCUT2D eigenvalue weighted by Crippen LogP contribution is 2.38. The number of ether oxygens (including phenoxy) is 2. The zero-order valence-corrected chi connectivity index (χ0v) is 15.1. The minimum atomic E-state index is -1.16. The van der Waals surface area contributed by atoms with Crippen LogP contribution in [0.25, 0.3) is 6.08 Å². The number of aromatic hydroxyl groups is 1. The van der Waals surface area contributed by atoms with Crippen LogP contribution in [0.5, 0.6) is 11.5 Å². The number of phenolic OH excluding ortho intramolecular Hbond substituents is 1. The summed E-state index contributed by atoms with van der Waals surface area (Å²) in [5.74, 6) is -1.95. The molecule has 10 heteroatoms. The van der Waals surface area contributed by atoms with Crippen LogP contribution in [0, 0.1) is 21.4 Å². The van der Waals surface area contributed by atoms with Crippen molar-refractivity contribution in [2.75, 3.05) is 19.7 Å². The predicted molar refractivity (Wildman–Crippen MR) is 93.9 cm³/mol. The fourth-order valence-electron chi connectivity index (χ4n) is 2.14. The minimum absolute atomic E-state index is 0.00175. The maximum atomic E-state index is 12.3. The van der Waals surface area contributed by atoms with Gasteiger partial charge in [-0.25, -0.2) is 4.79 Å². The number of amides is 1. The largest absolute Gasteiger partial charge is 0.513 e. The van der Waals surface area contributed by atoms with Gasteiger partial charge in [-0.1, -0.05) is 0 Å². The molecule has 1 rings (SSSR count). The molecule has 0 radical (unpaired) electrons. The molecule has 0 saturated heterocycles. The van der Waals surface area contributed by atoms with Gasteiger partial charge in [0.25, 0.3) is 5.91 Å². The zero-order valence-electron chi connectivity index (χ0n) is 15.1. The first kappa shape index (κ1) is 21.4. The van der Waals surface area contributed by atoms with Crippen LogP contribution in [0.1, 0.15) is 26.3 Å². The average molecular weight is 377 g/mol. The highest BCUT2D eigenvalue weighted by Gasteiger charge is 2.23. The lowest BCUT2D eigenvalue weighted by Gasteiger charge is -2.17. The fourth-order valence-corrected chi connectivity index (χ4v) is 2.14. The van der Waals surface area contributed by atoms with Crippen molar-refractivity contribution in [1.29, 1.82) is 5.26 Å². The second kappa shape index (κ2) is 9.76. The number of nitro groups is 1. The number of rotatable bonds is 7. The van der Waals surface area contributed by atoms with Crippen LogP contribution in [-0.4, -0.2) is 46.7 Å². The summed E-state index contributed by atoms with van der Waals surface area (Å²) in [6.45, 7) is 5.77. The van der Waals surface area contributed by atoms with Crippen LogP contribution >= 0.6 is 0 Å². The molecular formula is C17H19N3O7.